The molecule has 162 valence electrons. The third-order valence-electron chi connectivity index (χ3n) is 4.65. The number of aryl methyl sites for hydroxylation is 2. The summed E-state index contributed by atoms with van der Waals surface area (Å²) in [4.78, 5) is 60.5. The predicted octanol–water partition coefficient (Wildman–Crippen LogP) is 1.86. The third-order valence-corrected chi connectivity index (χ3v) is 4.65. The molecule has 10 heteroatoms. The number of aromatic amines is 2. The van der Waals surface area contributed by atoms with Crippen LogP contribution < -0.4 is 11.3 Å². The number of ketones is 1. The minimum Gasteiger partial charge on any atom is -0.481 e. The second-order valence-electron chi connectivity index (χ2n) is 6.79. The van der Waals surface area contributed by atoms with E-state index in [2.05, 4.69) is 15.0 Å². The van der Waals surface area contributed by atoms with Gasteiger partial charge in [0.05, 0.1) is 5.39 Å². The highest BCUT2D eigenvalue weighted by Gasteiger charge is 2.11. The number of fused-ring (bicyclic) bond motifs is 1. The average Bonchev–Trinajstić information content (AvgIpc) is 3.13. The van der Waals surface area contributed by atoms with Crippen LogP contribution >= 0.6 is 0 Å². The second kappa shape index (κ2) is 11.2. The van der Waals surface area contributed by atoms with E-state index in [0.717, 1.165) is 11.1 Å². The maximum Gasteiger partial charge on any atom is 0.373 e. The SMILES string of the molecule is Nc1nc2[nH]cc(CCc3ccc(C(=O)CCCCC(=O)O)cc3)c2c(=O)[nH]1.O=C=O. The van der Waals surface area contributed by atoms with Crippen LogP contribution in [0.25, 0.3) is 11.0 Å². The van der Waals surface area contributed by atoms with Crippen molar-refractivity contribution in [3.8, 4) is 0 Å². The number of nitrogen functional groups attached to an aromatic ring is 1. The number of benzene rings is 1. The first-order valence-corrected chi connectivity index (χ1v) is 9.54. The van der Waals surface area contributed by atoms with E-state index >= 15 is 0 Å². The predicted molar refractivity (Wildman–Crippen MR) is 110 cm³/mol. The van der Waals surface area contributed by atoms with E-state index in [4.69, 9.17) is 20.4 Å². The summed E-state index contributed by atoms with van der Waals surface area (Å²) in [5, 5.41) is 9.13. The Balaban J connectivity index is 0.00000107. The number of nitrogens with two attached hydrogens (primary N) is 1. The van der Waals surface area contributed by atoms with E-state index in [-0.39, 0.29) is 29.9 Å². The molecule has 0 unspecified atom stereocenters. The van der Waals surface area contributed by atoms with Crippen LogP contribution in [-0.2, 0) is 27.2 Å². The molecule has 10 nitrogen and oxygen atoms in total. The van der Waals surface area contributed by atoms with Gasteiger partial charge >= 0.3 is 12.1 Å². The molecule has 3 aromatic rings. The molecule has 0 aliphatic carbocycles. The standard InChI is InChI=1S/C20H22N4O4.CO2/c21-20-23-18-17(19(28)24-20)14(11-22-18)10-7-12-5-8-13(9-6-12)15(25)3-1-2-4-16(26)27;2-1-3/h5-6,8-9,11H,1-4,7,10H2,(H,26,27)(H4,21,22,23,24,28);. The molecule has 31 heavy (non-hydrogen) atoms. The Morgan fingerprint density at radius 3 is 2.35 bits per heavy atom. The lowest BCUT2D eigenvalue weighted by atomic mass is 10.0. The number of anilines is 1. The number of carbonyl (C=O) groups excluding carboxylic acids is 3. The Labute approximate surface area is 176 Å². The Morgan fingerprint density at radius 2 is 1.71 bits per heavy atom. The molecule has 0 aliphatic rings. The van der Waals surface area contributed by atoms with Gasteiger partial charge in [0.25, 0.3) is 5.56 Å². The maximum atomic E-state index is 12.1. The van der Waals surface area contributed by atoms with Crippen molar-refractivity contribution < 1.29 is 24.3 Å². The number of aromatic nitrogens is 3. The fourth-order valence-electron chi connectivity index (χ4n) is 3.16. The van der Waals surface area contributed by atoms with Crippen LogP contribution in [0.2, 0.25) is 0 Å². The van der Waals surface area contributed by atoms with Gasteiger partial charge < -0.3 is 15.8 Å². The van der Waals surface area contributed by atoms with Crippen molar-refractivity contribution >= 4 is 34.9 Å². The molecule has 5 N–H and O–H groups in total. The number of nitrogens with zero attached hydrogens (tertiary/aromatic N) is 1. The molecule has 0 radical (unpaired) electrons. The summed E-state index contributed by atoms with van der Waals surface area (Å²) in [5.74, 6) is -0.744. The number of carbonyl (C=O) groups is 2. The van der Waals surface area contributed by atoms with E-state index in [1.165, 1.54) is 0 Å². The van der Waals surface area contributed by atoms with E-state index in [0.29, 0.717) is 48.7 Å². The first-order valence-electron chi connectivity index (χ1n) is 9.54. The van der Waals surface area contributed by atoms with Crippen LogP contribution in [0.3, 0.4) is 0 Å². The summed E-state index contributed by atoms with van der Waals surface area (Å²) in [7, 11) is 0. The van der Waals surface area contributed by atoms with Gasteiger partial charge in [-0.1, -0.05) is 24.3 Å². The zero-order valence-electron chi connectivity index (χ0n) is 16.6. The van der Waals surface area contributed by atoms with Gasteiger partial charge in [-0.2, -0.15) is 14.6 Å². The summed E-state index contributed by atoms with van der Waals surface area (Å²) in [6.45, 7) is 0. The second-order valence-corrected chi connectivity index (χ2v) is 6.79. The van der Waals surface area contributed by atoms with Crippen LogP contribution in [0.4, 0.5) is 5.95 Å². The molecule has 0 aliphatic heterocycles. The average molecular weight is 426 g/mol. The number of nitrogens with one attached hydrogen (secondary N) is 2. The van der Waals surface area contributed by atoms with Gasteiger partial charge in [0.15, 0.2) is 5.78 Å². The number of unbranched alkanes of at least 4 members (excludes halogenated alkanes) is 1. The highest BCUT2D eigenvalue weighted by atomic mass is 16.4. The van der Waals surface area contributed by atoms with Crippen molar-refractivity contribution in [2.75, 3.05) is 5.73 Å². The van der Waals surface area contributed by atoms with Crippen molar-refractivity contribution in [1.82, 2.24) is 15.0 Å². The van der Waals surface area contributed by atoms with Gasteiger partial charge in [-0.15, -0.1) is 0 Å². The van der Waals surface area contributed by atoms with Gasteiger partial charge in [0.2, 0.25) is 5.95 Å². The van der Waals surface area contributed by atoms with Gasteiger partial charge in [0, 0.05) is 24.6 Å². The van der Waals surface area contributed by atoms with Crippen molar-refractivity contribution in [3.05, 3.63) is 57.5 Å². The van der Waals surface area contributed by atoms with Crippen molar-refractivity contribution in [2.24, 2.45) is 0 Å². The van der Waals surface area contributed by atoms with Crippen LogP contribution in [0.5, 0.6) is 0 Å². The van der Waals surface area contributed by atoms with Gasteiger partial charge in [-0.25, -0.2) is 0 Å². The van der Waals surface area contributed by atoms with Gasteiger partial charge in [-0.3, -0.25) is 19.4 Å². The summed E-state index contributed by atoms with van der Waals surface area (Å²) < 4.78 is 0. The lowest BCUT2D eigenvalue weighted by molar-refractivity contribution is -0.191. The smallest absolute Gasteiger partial charge is 0.373 e. The molecular formula is C21H22N4O6. The molecule has 0 fully saturated rings. The lowest BCUT2D eigenvalue weighted by Gasteiger charge is -2.04. The summed E-state index contributed by atoms with van der Waals surface area (Å²) in [6, 6.07) is 7.39. The van der Waals surface area contributed by atoms with Crippen LogP contribution in [-0.4, -0.2) is 38.0 Å². The fourth-order valence-corrected chi connectivity index (χ4v) is 3.16. The maximum absolute atomic E-state index is 12.1. The molecule has 0 amide bonds. The quantitative estimate of drug-likeness (QED) is 0.296. The number of carboxylic acid groups (broad SMARTS) is 1. The minimum atomic E-state index is -0.840. The Morgan fingerprint density at radius 1 is 1.06 bits per heavy atom. The zero-order valence-corrected chi connectivity index (χ0v) is 16.6. The Hall–Kier alpha value is -4.04. The first kappa shape index (κ1) is 23.2. The summed E-state index contributed by atoms with van der Waals surface area (Å²) in [5.41, 5.74) is 8.30. The highest BCUT2D eigenvalue weighted by molar-refractivity contribution is 5.96. The number of hydrogen-bond donors (Lipinski definition) is 4. The molecule has 2 aromatic heterocycles. The molecule has 0 bridgehead atoms. The zero-order chi connectivity index (χ0) is 22.8. The van der Waals surface area contributed by atoms with Gasteiger partial charge in [-0.05, 0) is 36.8 Å². The van der Waals surface area contributed by atoms with Crippen LogP contribution in [0, 0.1) is 0 Å². The molecule has 0 atom stereocenters. The Kier molecular flexibility index (Phi) is 8.41. The van der Waals surface area contributed by atoms with Crippen LogP contribution in [0.1, 0.15) is 47.2 Å². The monoisotopic (exact) mass is 426 g/mol. The number of H-pyrrole nitrogens is 2. The minimum absolute atomic E-state index is 0.0174. The topological polar surface area (TPSA) is 176 Å². The highest BCUT2D eigenvalue weighted by Crippen LogP contribution is 2.16. The fraction of sp³-hybridized carbons (Fsp3) is 0.286. The van der Waals surface area contributed by atoms with E-state index in [1.807, 2.05) is 12.1 Å². The summed E-state index contributed by atoms with van der Waals surface area (Å²) >= 11 is 0. The van der Waals surface area contributed by atoms with E-state index in [1.54, 1.807) is 18.3 Å². The summed E-state index contributed by atoms with van der Waals surface area (Å²) in [6.07, 6.45) is 4.89. The normalized spacial score (nSPS) is 10.2. The largest absolute Gasteiger partial charge is 0.481 e. The van der Waals surface area contributed by atoms with Crippen molar-refractivity contribution in [2.45, 2.75) is 38.5 Å². The lowest BCUT2D eigenvalue weighted by Crippen LogP contribution is -2.11. The van der Waals surface area contributed by atoms with E-state index < -0.39 is 5.97 Å². The van der Waals surface area contributed by atoms with Crippen molar-refractivity contribution in [3.63, 3.8) is 0 Å². The Bertz CT molecular complexity index is 1140. The van der Waals surface area contributed by atoms with Crippen LogP contribution in [0.15, 0.2) is 35.3 Å². The molecule has 0 saturated heterocycles. The number of rotatable bonds is 9. The molecule has 0 spiro atoms. The van der Waals surface area contributed by atoms with E-state index in [9.17, 15) is 14.4 Å². The number of Topliss-reactive ketones (excluding diaryl/α,β-unsaturated/α-hetero) is 1. The molecule has 3 rings (SSSR count). The van der Waals surface area contributed by atoms with Crippen molar-refractivity contribution in [1.29, 1.82) is 0 Å². The first-order chi connectivity index (χ1) is 14.8. The third kappa shape index (κ3) is 6.76. The molecule has 0 saturated carbocycles. The van der Waals surface area contributed by atoms with Gasteiger partial charge in [0.1, 0.15) is 5.65 Å². The number of carboxylic acids is 1. The number of hydrogen-bond acceptors (Lipinski definition) is 7. The molecular weight excluding hydrogens is 404 g/mol. The molecule has 1 aromatic carbocycles. The molecule has 2 heterocycles. The number of aliphatic carboxylic acids is 1.